The summed E-state index contributed by atoms with van der Waals surface area (Å²) in [5.74, 6) is 2.91. The standard InChI is InChI=1S/C22H30N2OS/c1-4-9-21-23-22-19(24(21)15-17-10-7-6-8-11-17)13-18(14-20(22)25)12-16(3)26-5-2/h6-8,10-11,16,18H,4-5,9,12-15H2,1-3H3. The fraction of sp³-hybridized carbons (Fsp3) is 0.545. The first-order chi connectivity index (χ1) is 12.6. The van der Waals surface area contributed by atoms with Gasteiger partial charge in [-0.05, 0) is 36.5 Å². The van der Waals surface area contributed by atoms with E-state index in [1.54, 1.807) is 0 Å². The maximum atomic E-state index is 12.8. The van der Waals surface area contributed by atoms with E-state index in [0.29, 0.717) is 17.6 Å². The first-order valence-electron chi connectivity index (χ1n) is 9.89. The highest BCUT2D eigenvalue weighted by atomic mass is 32.2. The largest absolute Gasteiger partial charge is 0.327 e. The van der Waals surface area contributed by atoms with E-state index >= 15 is 0 Å². The van der Waals surface area contributed by atoms with Crippen LogP contribution in [0.1, 0.15) is 67.6 Å². The molecule has 0 bridgehead atoms. The lowest BCUT2D eigenvalue weighted by molar-refractivity contribution is 0.0940. The number of benzene rings is 1. The van der Waals surface area contributed by atoms with Crippen LogP contribution < -0.4 is 0 Å². The molecule has 1 heterocycles. The highest BCUT2D eigenvalue weighted by Gasteiger charge is 2.31. The van der Waals surface area contributed by atoms with Crippen molar-refractivity contribution in [2.45, 2.75) is 64.7 Å². The zero-order valence-corrected chi connectivity index (χ0v) is 17.0. The molecule has 26 heavy (non-hydrogen) atoms. The second-order valence-corrected chi connectivity index (χ2v) is 9.06. The Hall–Kier alpha value is -1.55. The van der Waals surface area contributed by atoms with Crippen molar-refractivity contribution in [3.05, 3.63) is 53.1 Å². The minimum atomic E-state index is 0.245. The lowest BCUT2D eigenvalue weighted by Crippen LogP contribution is -2.24. The summed E-state index contributed by atoms with van der Waals surface area (Å²) in [4.78, 5) is 17.6. The zero-order valence-electron chi connectivity index (χ0n) is 16.2. The van der Waals surface area contributed by atoms with Crippen molar-refractivity contribution in [1.82, 2.24) is 9.55 Å². The van der Waals surface area contributed by atoms with Gasteiger partial charge in [0.15, 0.2) is 5.78 Å². The molecule has 1 aromatic heterocycles. The lowest BCUT2D eigenvalue weighted by Gasteiger charge is -2.25. The Labute approximate surface area is 161 Å². The van der Waals surface area contributed by atoms with Crippen molar-refractivity contribution in [3.63, 3.8) is 0 Å². The number of fused-ring (bicyclic) bond motifs is 1. The number of ketones is 1. The molecule has 0 fully saturated rings. The van der Waals surface area contributed by atoms with Gasteiger partial charge in [0.05, 0.1) is 0 Å². The van der Waals surface area contributed by atoms with E-state index in [-0.39, 0.29) is 5.78 Å². The number of aryl methyl sites for hydroxylation is 1. The van der Waals surface area contributed by atoms with Gasteiger partial charge in [0.2, 0.25) is 0 Å². The molecule has 1 aromatic carbocycles. The highest BCUT2D eigenvalue weighted by Crippen LogP contribution is 2.32. The molecule has 1 aliphatic carbocycles. The van der Waals surface area contributed by atoms with Crippen LogP contribution in [0, 0.1) is 5.92 Å². The fourth-order valence-electron chi connectivity index (χ4n) is 4.03. The van der Waals surface area contributed by atoms with Crippen LogP contribution >= 0.6 is 11.8 Å². The molecule has 3 rings (SSSR count). The molecule has 0 aliphatic heterocycles. The highest BCUT2D eigenvalue weighted by molar-refractivity contribution is 7.99. The molecule has 2 aromatic rings. The van der Waals surface area contributed by atoms with E-state index in [0.717, 1.165) is 49.5 Å². The van der Waals surface area contributed by atoms with Crippen molar-refractivity contribution in [2.24, 2.45) is 5.92 Å². The van der Waals surface area contributed by atoms with Gasteiger partial charge >= 0.3 is 0 Å². The normalized spacial score (nSPS) is 18.0. The third kappa shape index (κ3) is 4.40. The van der Waals surface area contributed by atoms with Crippen LogP contribution in [0.2, 0.25) is 0 Å². The van der Waals surface area contributed by atoms with E-state index in [4.69, 9.17) is 4.98 Å². The summed E-state index contributed by atoms with van der Waals surface area (Å²) in [7, 11) is 0. The summed E-state index contributed by atoms with van der Waals surface area (Å²) in [5, 5.41) is 0.611. The minimum absolute atomic E-state index is 0.245. The molecule has 0 saturated heterocycles. The lowest BCUT2D eigenvalue weighted by atomic mass is 9.85. The molecule has 140 valence electrons. The first kappa shape index (κ1) is 19.2. The van der Waals surface area contributed by atoms with Crippen LogP contribution in [0.4, 0.5) is 0 Å². The zero-order chi connectivity index (χ0) is 18.5. The monoisotopic (exact) mass is 370 g/mol. The van der Waals surface area contributed by atoms with Crippen molar-refractivity contribution in [3.8, 4) is 0 Å². The number of nitrogens with zero attached hydrogens (tertiary/aromatic N) is 2. The van der Waals surface area contributed by atoms with Crippen molar-refractivity contribution >= 4 is 17.5 Å². The second kappa shape index (κ2) is 8.90. The smallest absolute Gasteiger partial charge is 0.183 e. The average molecular weight is 371 g/mol. The molecule has 0 amide bonds. The van der Waals surface area contributed by atoms with Gasteiger partial charge in [-0.2, -0.15) is 11.8 Å². The van der Waals surface area contributed by atoms with Gasteiger partial charge in [0.25, 0.3) is 0 Å². The number of hydrogen-bond donors (Lipinski definition) is 0. The topological polar surface area (TPSA) is 34.9 Å². The van der Waals surface area contributed by atoms with E-state index in [1.807, 2.05) is 17.8 Å². The molecule has 0 N–H and O–H groups in total. The Morgan fingerprint density at radius 3 is 2.69 bits per heavy atom. The Bertz CT molecular complexity index is 738. The molecule has 3 nitrogen and oxygen atoms in total. The summed E-state index contributed by atoms with van der Waals surface area (Å²) >= 11 is 1.99. The molecular weight excluding hydrogens is 340 g/mol. The molecular formula is C22H30N2OS. The van der Waals surface area contributed by atoms with Crippen molar-refractivity contribution < 1.29 is 4.79 Å². The van der Waals surface area contributed by atoms with Crippen LogP contribution in [0.25, 0.3) is 0 Å². The molecule has 2 atom stereocenters. The number of hydrogen-bond acceptors (Lipinski definition) is 3. The van der Waals surface area contributed by atoms with Crippen LogP contribution in [0.5, 0.6) is 0 Å². The predicted octanol–water partition coefficient (Wildman–Crippen LogP) is 5.16. The second-order valence-electron chi connectivity index (χ2n) is 7.34. The predicted molar refractivity (Wildman–Crippen MR) is 110 cm³/mol. The number of thioether (sulfide) groups is 1. The van der Waals surface area contributed by atoms with Gasteiger partial charge in [0.1, 0.15) is 11.5 Å². The summed E-state index contributed by atoms with van der Waals surface area (Å²) < 4.78 is 2.33. The Kier molecular flexibility index (Phi) is 6.58. The Morgan fingerprint density at radius 1 is 1.23 bits per heavy atom. The van der Waals surface area contributed by atoms with Crippen molar-refractivity contribution in [2.75, 3.05) is 5.75 Å². The quantitative estimate of drug-likeness (QED) is 0.644. The van der Waals surface area contributed by atoms with Crippen LogP contribution in [0.3, 0.4) is 0 Å². The molecule has 4 heteroatoms. The number of imidazole rings is 1. The Morgan fingerprint density at radius 2 is 2.00 bits per heavy atom. The summed E-state index contributed by atoms with van der Waals surface area (Å²) in [6, 6.07) is 10.5. The number of rotatable bonds is 8. The van der Waals surface area contributed by atoms with Crippen LogP contribution in [0.15, 0.2) is 30.3 Å². The van der Waals surface area contributed by atoms with Gasteiger partial charge in [0, 0.05) is 30.3 Å². The van der Waals surface area contributed by atoms with E-state index in [1.165, 1.54) is 11.3 Å². The van der Waals surface area contributed by atoms with Gasteiger partial charge < -0.3 is 4.57 Å². The summed E-state index contributed by atoms with van der Waals surface area (Å²) in [6.45, 7) is 7.49. The molecule has 0 saturated carbocycles. The van der Waals surface area contributed by atoms with Gasteiger partial charge in [-0.25, -0.2) is 4.98 Å². The van der Waals surface area contributed by atoms with E-state index in [9.17, 15) is 4.79 Å². The van der Waals surface area contributed by atoms with Gasteiger partial charge in [-0.1, -0.05) is 51.1 Å². The van der Waals surface area contributed by atoms with Crippen LogP contribution in [-0.4, -0.2) is 26.3 Å². The van der Waals surface area contributed by atoms with E-state index in [2.05, 4.69) is 49.6 Å². The number of carbonyl (C=O) groups is 1. The fourth-order valence-corrected chi connectivity index (χ4v) is 5.01. The number of carbonyl (C=O) groups excluding carboxylic acids is 1. The molecule has 0 spiro atoms. The number of Topliss-reactive ketones (excluding diaryl/α,β-unsaturated/α-hetero) is 1. The first-order valence-corrected chi connectivity index (χ1v) is 10.9. The van der Waals surface area contributed by atoms with Gasteiger partial charge in [-0.3, -0.25) is 4.79 Å². The summed E-state index contributed by atoms with van der Waals surface area (Å²) in [6.07, 6.45) is 4.74. The maximum Gasteiger partial charge on any atom is 0.183 e. The third-order valence-corrected chi connectivity index (χ3v) is 6.24. The van der Waals surface area contributed by atoms with Crippen molar-refractivity contribution in [1.29, 1.82) is 0 Å². The molecule has 0 radical (unpaired) electrons. The third-order valence-electron chi connectivity index (χ3n) is 5.15. The molecule has 1 aliphatic rings. The minimum Gasteiger partial charge on any atom is -0.327 e. The maximum absolute atomic E-state index is 12.8. The SMILES string of the molecule is CCCc1nc2c(n1Cc1ccccc1)CC(CC(C)SCC)CC2=O. The summed E-state index contributed by atoms with van der Waals surface area (Å²) in [5.41, 5.74) is 3.19. The van der Waals surface area contributed by atoms with Crippen LogP contribution in [-0.2, 0) is 19.4 Å². The average Bonchev–Trinajstić information content (AvgIpc) is 2.95. The Balaban J connectivity index is 1.89. The molecule has 2 unspecified atom stereocenters. The van der Waals surface area contributed by atoms with E-state index < -0.39 is 0 Å². The van der Waals surface area contributed by atoms with Gasteiger partial charge in [-0.15, -0.1) is 0 Å². The number of aromatic nitrogens is 2.